The molecule has 1 aromatic heterocycles. The fraction of sp³-hybridized carbons (Fsp3) is 0.481. The molecule has 0 spiro atoms. The molecule has 1 aliphatic heterocycles. The number of esters is 1. The first-order valence-corrected chi connectivity index (χ1v) is 14.9. The van der Waals surface area contributed by atoms with E-state index in [9.17, 15) is 13.2 Å². The van der Waals surface area contributed by atoms with Crippen LogP contribution in [0.3, 0.4) is 0 Å². The van der Waals surface area contributed by atoms with Gasteiger partial charge in [-0.2, -0.15) is 4.31 Å². The molecule has 7 nitrogen and oxygen atoms in total. The fourth-order valence-electron chi connectivity index (χ4n) is 4.34. The number of sulfonamides is 1. The molecule has 1 aliphatic rings. The van der Waals surface area contributed by atoms with Crippen molar-refractivity contribution in [1.29, 1.82) is 0 Å². The van der Waals surface area contributed by atoms with E-state index in [0.717, 1.165) is 28.4 Å². The van der Waals surface area contributed by atoms with Gasteiger partial charge >= 0.3 is 5.97 Å². The SMILES string of the molecule is CC(C)CN(CC(C)C)S(=O)(=O)c1ccc(C(=O)Oc2ccc3nc(N4CCCCC4)sc3c2)cc1. The largest absolute Gasteiger partial charge is 0.423 e. The number of thiazole rings is 1. The van der Waals surface area contributed by atoms with Crippen LogP contribution in [0.1, 0.15) is 57.3 Å². The Hall–Kier alpha value is -2.49. The molecule has 0 amide bonds. The molecule has 194 valence electrons. The van der Waals surface area contributed by atoms with Crippen molar-refractivity contribution in [3.63, 3.8) is 0 Å². The van der Waals surface area contributed by atoms with E-state index < -0.39 is 16.0 Å². The Kier molecular flexibility index (Phi) is 8.32. The van der Waals surface area contributed by atoms with E-state index in [-0.39, 0.29) is 16.7 Å². The summed E-state index contributed by atoms with van der Waals surface area (Å²) in [5, 5.41) is 1.01. The Labute approximate surface area is 218 Å². The van der Waals surface area contributed by atoms with Gasteiger partial charge in [-0.15, -0.1) is 0 Å². The molecular weight excluding hydrogens is 494 g/mol. The second-order valence-electron chi connectivity index (χ2n) is 10.2. The summed E-state index contributed by atoms with van der Waals surface area (Å²) in [5.41, 5.74) is 1.19. The van der Waals surface area contributed by atoms with E-state index in [1.165, 1.54) is 47.8 Å². The standard InChI is InChI=1S/C27H35N3O4S2/c1-19(2)17-30(18-20(3)4)36(32,33)23-11-8-21(9-12-23)26(31)34-22-10-13-24-25(16-22)35-27(28-24)29-14-6-5-7-15-29/h8-13,16,19-20H,5-7,14-15,17-18H2,1-4H3. The first-order valence-electron chi connectivity index (χ1n) is 12.6. The summed E-state index contributed by atoms with van der Waals surface area (Å²) in [5.74, 6) is 0.331. The number of aromatic nitrogens is 1. The van der Waals surface area contributed by atoms with Crippen molar-refractivity contribution in [1.82, 2.24) is 9.29 Å². The van der Waals surface area contributed by atoms with Crippen molar-refractivity contribution in [2.75, 3.05) is 31.1 Å². The summed E-state index contributed by atoms with van der Waals surface area (Å²) < 4.78 is 34.5. The highest BCUT2D eigenvalue weighted by atomic mass is 32.2. The third-order valence-corrected chi connectivity index (χ3v) is 8.98. The van der Waals surface area contributed by atoms with Gasteiger partial charge in [0.2, 0.25) is 10.0 Å². The molecule has 0 radical (unpaired) electrons. The zero-order chi connectivity index (χ0) is 25.9. The van der Waals surface area contributed by atoms with E-state index in [1.807, 2.05) is 39.8 Å². The van der Waals surface area contributed by atoms with Crippen LogP contribution in [0.4, 0.5) is 5.13 Å². The number of fused-ring (bicyclic) bond motifs is 1. The highest BCUT2D eigenvalue weighted by molar-refractivity contribution is 7.89. The molecule has 0 N–H and O–H groups in total. The highest BCUT2D eigenvalue weighted by Crippen LogP contribution is 2.33. The smallest absolute Gasteiger partial charge is 0.343 e. The number of anilines is 1. The van der Waals surface area contributed by atoms with Gasteiger partial charge in [0, 0.05) is 32.2 Å². The van der Waals surface area contributed by atoms with Gasteiger partial charge in [-0.1, -0.05) is 39.0 Å². The highest BCUT2D eigenvalue weighted by Gasteiger charge is 2.26. The monoisotopic (exact) mass is 529 g/mol. The summed E-state index contributed by atoms with van der Waals surface area (Å²) in [4.78, 5) is 20.0. The predicted molar refractivity (Wildman–Crippen MR) is 146 cm³/mol. The molecule has 2 aromatic carbocycles. The predicted octanol–water partition coefficient (Wildman–Crippen LogP) is 5.81. The molecule has 9 heteroatoms. The fourth-order valence-corrected chi connectivity index (χ4v) is 7.15. The van der Waals surface area contributed by atoms with Crippen molar-refractivity contribution < 1.29 is 17.9 Å². The van der Waals surface area contributed by atoms with Gasteiger partial charge in [0.25, 0.3) is 0 Å². The van der Waals surface area contributed by atoms with Gasteiger partial charge in [-0.05, 0) is 67.5 Å². The van der Waals surface area contributed by atoms with E-state index in [2.05, 4.69) is 4.90 Å². The number of rotatable bonds is 9. The second kappa shape index (κ2) is 11.3. The van der Waals surface area contributed by atoms with Crippen LogP contribution in [0.25, 0.3) is 10.2 Å². The Morgan fingerprint density at radius 2 is 1.64 bits per heavy atom. The van der Waals surface area contributed by atoms with Crippen molar-refractivity contribution in [3.8, 4) is 5.75 Å². The molecule has 0 bridgehead atoms. The van der Waals surface area contributed by atoms with Crippen LogP contribution in [-0.2, 0) is 10.0 Å². The molecule has 0 unspecified atom stereocenters. The van der Waals surface area contributed by atoms with Gasteiger partial charge in [0.15, 0.2) is 5.13 Å². The quantitative estimate of drug-likeness (QED) is 0.257. The van der Waals surface area contributed by atoms with Gasteiger partial charge in [-0.25, -0.2) is 18.2 Å². The zero-order valence-corrected chi connectivity index (χ0v) is 23.1. The minimum atomic E-state index is -3.65. The summed E-state index contributed by atoms with van der Waals surface area (Å²) in [6.07, 6.45) is 3.64. The summed E-state index contributed by atoms with van der Waals surface area (Å²) in [7, 11) is -3.65. The van der Waals surface area contributed by atoms with E-state index in [4.69, 9.17) is 9.72 Å². The lowest BCUT2D eigenvalue weighted by Gasteiger charge is -2.25. The Morgan fingerprint density at radius 3 is 2.25 bits per heavy atom. The molecule has 1 saturated heterocycles. The van der Waals surface area contributed by atoms with Gasteiger partial charge < -0.3 is 9.64 Å². The molecule has 1 fully saturated rings. The first-order chi connectivity index (χ1) is 17.1. The average Bonchev–Trinajstić information content (AvgIpc) is 3.27. The molecule has 4 rings (SSSR count). The van der Waals surface area contributed by atoms with Crippen molar-refractivity contribution in [2.45, 2.75) is 51.9 Å². The molecule has 0 atom stereocenters. The minimum Gasteiger partial charge on any atom is -0.423 e. The molecule has 3 aromatic rings. The van der Waals surface area contributed by atoms with E-state index in [1.54, 1.807) is 17.4 Å². The topological polar surface area (TPSA) is 79.8 Å². The number of benzene rings is 2. The van der Waals surface area contributed by atoms with Crippen LogP contribution in [0.2, 0.25) is 0 Å². The second-order valence-corrected chi connectivity index (χ2v) is 13.1. The Balaban J connectivity index is 1.47. The van der Waals surface area contributed by atoms with Crippen molar-refractivity contribution in [3.05, 3.63) is 48.0 Å². The van der Waals surface area contributed by atoms with E-state index >= 15 is 0 Å². The lowest BCUT2D eigenvalue weighted by Crippen LogP contribution is -2.37. The number of hydrogen-bond acceptors (Lipinski definition) is 7. The minimum absolute atomic E-state index is 0.177. The van der Waals surface area contributed by atoms with Crippen LogP contribution in [-0.4, -0.2) is 49.9 Å². The third-order valence-electron chi connectivity index (χ3n) is 6.05. The number of carbonyl (C=O) groups excluding carboxylic acids is 1. The van der Waals surface area contributed by atoms with Gasteiger partial charge in [-0.3, -0.25) is 0 Å². The van der Waals surface area contributed by atoms with E-state index in [0.29, 0.717) is 24.4 Å². The summed E-state index contributed by atoms with van der Waals surface area (Å²) in [6.45, 7) is 11.0. The lowest BCUT2D eigenvalue weighted by molar-refractivity contribution is 0.0735. The van der Waals surface area contributed by atoms with Crippen LogP contribution in [0.5, 0.6) is 5.75 Å². The zero-order valence-electron chi connectivity index (χ0n) is 21.4. The molecule has 36 heavy (non-hydrogen) atoms. The Morgan fingerprint density at radius 1 is 1.00 bits per heavy atom. The summed E-state index contributed by atoms with van der Waals surface area (Å²) in [6, 6.07) is 11.4. The third kappa shape index (κ3) is 6.25. The van der Waals surface area contributed by atoms with Crippen LogP contribution < -0.4 is 9.64 Å². The maximum absolute atomic E-state index is 13.2. The molecule has 0 aliphatic carbocycles. The Bertz CT molecular complexity index is 1280. The van der Waals surface area contributed by atoms with Gasteiger partial charge in [0.1, 0.15) is 5.75 Å². The maximum atomic E-state index is 13.2. The molecular formula is C27H35N3O4S2. The maximum Gasteiger partial charge on any atom is 0.343 e. The van der Waals surface area contributed by atoms with Crippen molar-refractivity contribution in [2.24, 2.45) is 11.8 Å². The number of piperidine rings is 1. The normalized spacial score (nSPS) is 14.8. The van der Waals surface area contributed by atoms with Crippen molar-refractivity contribution >= 4 is 42.7 Å². The van der Waals surface area contributed by atoms with Crippen LogP contribution >= 0.6 is 11.3 Å². The lowest BCUT2D eigenvalue weighted by atomic mass is 10.1. The van der Waals surface area contributed by atoms with Crippen LogP contribution in [0.15, 0.2) is 47.4 Å². The first kappa shape index (κ1) is 26.6. The number of hydrogen-bond donors (Lipinski definition) is 0. The number of nitrogens with zero attached hydrogens (tertiary/aromatic N) is 3. The average molecular weight is 530 g/mol. The van der Waals surface area contributed by atoms with Gasteiger partial charge in [0.05, 0.1) is 20.7 Å². The van der Waals surface area contributed by atoms with Crippen LogP contribution in [0, 0.1) is 11.8 Å². The summed E-state index contributed by atoms with van der Waals surface area (Å²) >= 11 is 1.61. The number of carbonyl (C=O) groups is 1. The molecule has 2 heterocycles. The number of ether oxygens (including phenoxy) is 1. The molecule has 0 saturated carbocycles.